The van der Waals surface area contributed by atoms with Crippen LogP contribution >= 0.6 is 0 Å². The number of rotatable bonds is 54. The highest BCUT2D eigenvalue weighted by Gasteiger charge is 2.51. The topological polar surface area (TPSA) is 228 Å². The fourth-order valence-electron chi connectivity index (χ4n) is 11.0. The molecule has 14 nitrogen and oxygen atoms in total. The second-order valence-corrected chi connectivity index (χ2v) is 23.6. The van der Waals surface area contributed by atoms with Gasteiger partial charge in [0.1, 0.15) is 48.8 Å². The summed E-state index contributed by atoms with van der Waals surface area (Å²) in [7, 11) is 0. The molecule has 12 unspecified atom stereocenters. The maximum Gasteiger partial charge on any atom is 0.220 e. The van der Waals surface area contributed by atoms with Crippen molar-refractivity contribution in [1.82, 2.24) is 5.32 Å². The van der Waals surface area contributed by atoms with Crippen LogP contribution in [0, 0.1) is 0 Å². The first-order chi connectivity index (χ1) is 39.1. The van der Waals surface area contributed by atoms with Crippen LogP contribution in [0.1, 0.15) is 284 Å². The maximum atomic E-state index is 13.3. The Morgan fingerprint density at radius 2 is 0.825 bits per heavy atom. The minimum Gasteiger partial charge on any atom is -0.394 e. The van der Waals surface area contributed by atoms with Crippen molar-refractivity contribution in [1.29, 1.82) is 0 Å². The Hall–Kier alpha value is -1.79. The van der Waals surface area contributed by atoms with E-state index in [1.54, 1.807) is 6.08 Å². The lowest BCUT2D eigenvalue weighted by Gasteiger charge is -2.46. The van der Waals surface area contributed by atoms with Crippen molar-refractivity contribution in [3.05, 3.63) is 36.5 Å². The molecule has 2 rings (SSSR count). The summed E-state index contributed by atoms with van der Waals surface area (Å²) in [4.78, 5) is 13.3. The van der Waals surface area contributed by atoms with Crippen LogP contribution in [0.2, 0.25) is 0 Å². The zero-order chi connectivity index (χ0) is 58.1. The van der Waals surface area contributed by atoms with E-state index in [4.69, 9.17) is 18.9 Å². The molecule has 0 aromatic rings. The van der Waals surface area contributed by atoms with Gasteiger partial charge in [-0.1, -0.05) is 262 Å². The van der Waals surface area contributed by atoms with Gasteiger partial charge < -0.3 is 65.1 Å². The Morgan fingerprint density at radius 3 is 1.27 bits per heavy atom. The lowest BCUT2D eigenvalue weighted by Crippen LogP contribution is -2.65. The summed E-state index contributed by atoms with van der Waals surface area (Å²) in [5.74, 6) is -0.251. The van der Waals surface area contributed by atoms with Crippen LogP contribution in [-0.2, 0) is 23.7 Å². The van der Waals surface area contributed by atoms with Crippen molar-refractivity contribution in [2.45, 2.75) is 357 Å². The number of carbonyl (C=O) groups excluding carboxylic acids is 1. The number of aliphatic hydroxyl groups excluding tert-OH is 8. The van der Waals surface area contributed by atoms with Gasteiger partial charge in [-0.05, 0) is 51.4 Å². The zero-order valence-electron chi connectivity index (χ0n) is 50.8. The highest BCUT2D eigenvalue weighted by Crippen LogP contribution is 2.30. The SMILES string of the molecule is CCCCC/C=C\C/C=C\CCCCCCCC(=O)NC(COC1OC(CO)C(OC2OC(CO)C(O)C(O)C2O)C(O)C1O)C(O)/C=C/CCCCCCCCCCCCCCCCCCCCCCCCCCCCCCC. The first-order valence-electron chi connectivity index (χ1n) is 33.2. The number of unbranched alkanes of at least 4 members (excludes halogenated alkanes) is 37. The number of carbonyl (C=O) groups is 1. The van der Waals surface area contributed by atoms with E-state index in [1.807, 2.05) is 6.08 Å². The predicted molar refractivity (Wildman–Crippen MR) is 323 cm³/mol. The molecule has 2 aliphatic heterocycles. The summed E-state index contributed by atoms with van der Waals surface area (Å²) in [6.07, 6.45) is 47.8. The van der Waals surface area contributed by atoms with Gasteiger partial charge in [-0.2, -0.15) is 0 Å². The summed E-state index contributed by atoms with van der Waals surface area (Å²) in [5.41, 5.74) is 0. The van der Waals surface area contributed by atoms with Gasteiger partial charge in [0.05, 0.1) is 32.0 Å². The molecule has 0 aliphatic carbocycles. The molecule has 2 aliphatic rings. The second kappa shape index (κ2) is 51.6. The fourth-order valence-corrected chi connectivity index (χ4v) is 11.0. The predicted octanol–water partition coefficient (Wildman–Crippen LogP) is 12.6. The van der Waals surface area contributed by atoms with Crippen LogP contribution in [0.3, 0.4) is 0 Å². The Bertz CT molecular complexity index is 1480. The minimum atomic E-state index is -1.79. The molecule has 0 aromatic carbocycles. The van der Waals surface area contributed by atoms with Crippen LogP contribution in [0.4, 0.5) is 0 Å². The third-order valence-corrected chi connectivity index (χ3v) is 16.3. The summed E-state index contributed by atoms with van der Waals surface area (Å²) in [6, 6.07) is -0.922. The average Bonchev–Trinajstić information content (AvgIpc) is 3.46. The van der Waals surface area contributed by atoms with Gasteiger partial charge in [0.15, 0.2) is 12.6 Å². The molecule has 14 heteroatoms. The molecular formula is C66H123NO13. The van der Waals surface area contributed by atoms with Crippen LogP contribution in [-0.4, -0.2) is 140 Å². The quantitative estimate of drug-likeness (QED) is 0.0204. The molecule has 2 heterocycles. The van der Waals surface area contributed by atoms with Gasteiger partial charge in [0.2, 0.25) is 5.91 Å². The molecular weight excluding hydrogens is 1010 g/mol. The highest BCUT2D eigenvalue weighted by molar-refractivity contribution is 5.76. The van der Waals surface area contributed by atoms with Crippen LogP contribution in [0.25, 0.3) is 0 Å². The molecule has 0 aromatic heterocycles. The Kier molecular flexibility index (Phi) is 47.9. The molecule has 0 radical (unpaired) electrons. The Morgan fingerprint density at radius 1 is 0.450 bits per heavy atom. The number of allylic oxidation sites excluding steroid dienone is 5. The number of aliphatic hydroxyl groups is 8. The second-order valence-electron chi connectivity index (χ2n) is 23.6. The molecule has 1 amide bonds. The maximum absolute atomic E-state index is 13.3. The summed E-state index contributed by atoms with van der Waals surface area (Å²) >= 11 is 0. The highest BCUT2D eigenvalue weighted by atomic mass is 16.7. The smallest absolute Gasteiger partial charge is 0.220 e. The van der Waals surface area contributed by atoms with Crippen molar-refractivity contribution in [2.24, 2.45) is 0 Å². The van der Waals surface area contributed by atoms with Gasteiger partial charge in [-0.15, -0.1) is 0 Å². The fraction of sp³-hybridized carbons (Fsp3) is 0.894. The van der Waals surface area contributed by atoms with E-state index in [0.29, 0.717) is 6.42 Å². The van der Waals surface area contributed by atoms with Gasteiger partial charge in [0.25, 0.3) is 0 Å². The Labute approximate surface area is 487 Å². The van der Waals surface area contributed by atoms with Crippen LogP contribution in [0.5, 0.6) is 0 Å². The largest absolute Gasteiger partial charge is 0.394 e. The van der Waals surface area contributed by atoms with Crippen molar-refractivity contribution >= 4 is 5.91 Å². The van der Waals surface area contributed by atoms with E-state index in [1.165, 1.54) is 193 Å². The number of hydrogen-bond donors (Lipinski definition) is 9. The molecule has 0 spiro atoms. The Balaban J connectivity index is 1.67. The van der Waals surface area contributed by atoms with E-state index in [2.05, 4.69) is 43.5 Å². The van der Waals surface area contributed by atoms with Crippen molar-refractivity contribution < 1.29 is 64.6 Å². The summed E-state index contributed by atoms with van der Waals surface area (Å²) < 4.78 is 22.8. The van der Waals surface area contributed by atoms with E-state index >= 15 is 0 Å². The first kappa shape index (κ1) is 74.3. The van der Waals surface area contributed by atoms with Crippen molar-refractivity contribution in [3.63, 3.8) is 0 Å². The molecule has 0 saturated carbocycles. The molecule has 0 bridgehead atoms. The monoisotopic (exact) mass is 1140 g/mol. The third-order valence-electron chi connectivity index (χ3n) is 16.3. The molecule has 12 atom stereocenters. The zero-order valence-corrected chi connectivity index (χ0v) is 50.8. The van der Waals surface area contributed by atoms with E-state index in [9.17, 15) is 45.6 Å². The summed E-state index contributed by atoms with van der Waals surface area (Å²) in [6.45, 7) is 2.79. The lowest BCUT2D eigenvalue weighted by atomic mass is 9.97. The third kappa shape index (κ3) is 36.1. The van der Waals surface area contributed by atoms with E-state index in [-0.39, 0.29) is 18.9 Å². The van der Waals surface area contributed by atoms with Gasteiger partial charge in [0, 0.05) is 6.42 Å². The normalized spacial score (nSPS) is 24.4. The minimum absolute atomic E-state index is 0.251. The van der Waals surface area contributed by atoms with Crippen molar-refractivity contribution in [3.8, 4) is 0 Å². The van der Waals surface area contributed by atoms with Crippen LogP contribution < -0.4 is 5.32 Å². The van der Waals surface area contributed by atoms with E-state index < -0.39 is 86.8 Å². The molecule has 9 N–H and O–H groups in total. The number of nitrogens with one attached hydrogen (secondary N) is 1. The number of amides is 1. The standard InChI is InChI=1S/C66H123NO13/c1-3-5-7-9-11-13-15-17-19-20-21-22-23-24-25-26-27-28-29-30-31-32-33-34-36-37-39-41-43-45-47-49-55(70)54(67-58(71)50-48-46-44-42-40-38-35-18-16-14-12-10-8-6-4-2)53-77-65-63(76)61(74)64(57(52-69)79-65)80-66-62(75)60(73)59(72)56(51-68)78-66/h12,14,18,35,47,49,54-57,59-66,68-70,72-76H,3-11,13,15-17,19-34,36-46,48,50-53H2,1-2H3,(H,67,71)/b14-12-,35-18-,49-47+. The lowest BCUT2D eigenvalue weighted by molar-refractivity contribution is -0.359. The number of ether oxygens (including phenoxy) is 4. The molecule has 2 fully saturated rings. The van der Waals surface area contributed by atoms with Gasteiger partial charge in [-0.25, -0.2) is 0 Å². The molecule has 470 valence electrons. The first-order valence-corrected chi connectivity index (χ1v) is 33.2. The molecule has 80 heavy (non-hydrogen) atoms. The van der Waals surface area contributed by atoms with Crippen LogP contribution in [0.15, 0.2) is 36.5 Å². The average molecular weight is 1140 g/mol. The number of hydrogen-bond acceptors (Lipinski definition) is 13. The summed E-state index contributed by atoms with van der Waals surface area (Å²) in [5, 5.41) is 87.2. The molecule has 2 saturated heterocycles. The van der Waals surface area contributed by atoms with Gasteiger partial charge >= 0.3 is 0 Å². The van der Waals surface area contributed by atoms with Crippen molar-refractivity contribution in [2.75, 3.05) is 19.8 Å². The van der Waals surface area contributed by atoms with Gasteiger partial charge in [-0.3, -0.25) is 4.79 Å². The van der Waals surface area contributed by atoms with E-state index in [0.717, 1.165) is 64.2 Å².